The third-order valence-corrected chi connectivity index (χ3v) is 2.72. The van der Waals surface area contributed by atoms with E-state index in [4.69, 9.17) is 0 Å². The summed E-state index contributed by atoms with van der Waals surface area (Å²) in [7, 11) is -6.00. The lowest BCUT2D eigenvalue weighted by Gasteiger charge is -2.21. The molecule has 1 aliphatic carbocycles. The van der Waals surface area contributed by atoms with E-state index in [1.54, 1.807) is 6.08 Å². The van der Waals surface area contributed by atoms with Gasteiger partial charge in [0.25, 0.3) is 5.78 Å². The lowest BCUT2D eigenvalue weighted by molar-refractivity contribution is -0.471. The highest BCUT2D eigenvalue weighted by Crippen LogP contribution is 2.15. The van der Waals surface area contributed by atoms with Crippen molar-refractivity contribution in [3.8, 4) is 0 Å². The third kappa shape index (κ3) is 13.2. The van der Waals surface area contributed by atoms with Crippen LogP contribution in [0.15, 0.2) is 23.6 Å². The van der Waals surface area contributed by atoms with Crippen LogP contribution in [0.4, 0.5) is 17.3 Å². The molecule has 0 aromatic carbocycles. The van der Waals surface area contributed by atoms with E-state index >= 15 is 0 Å². The number of aliphatic hydroxyl groups excluding tert-OH is 1. The van der Waals surface area contributed by atoms with Crippen molar-refractivity contribution < 1.29 is 32.2 Å². The second kappa shape index (κ2) is 8.53. The Labute approximate surface area is 146 Å². The third-order valence-electron chi connectivity index (χ3n) is 2.72. The van der Waals surface area contributed by atoms with E-state index in [9.17, 15) is 27.2 Å². The molecule has 9 heteroatoms. The first-order valence-corrected chi connectivity index (χ1v) is 7.87. The van der Waals surface area contributed by atoms with Gasteiger partial charge in [-0.2, -0.15) is 0 Å². The number of hydrogen-bond acceptors (Lipinski definition) is 3. The van der Waals surface area contributed by atoms with Gasteiger partial charge in [0.15, 0.2) is 0 Å². The molecule has 0 atom stereocenters. The molecular weight excluding hydrogens is 339 g/mol. The van der Waals surface area contributed by atoms with E-state index < -0.39 is 7.25 Å². The van der Waals surface area contributed by atoms with Crippen LogP contribution in [-0.2, 0) is 4.79 Å². The first kappa shape index (κ1) is 23.2. The van der Waals surface area contributed by atoms with Crippen molar-refractivity contribution in [2.45, 2.75) is 41.5 Å². The molecule has 3 N–H and O–H groups in total. The van der Waals surface area contributed by atoms with Gasteiger partial charge in [-0.1, -0.05) is 41.5 Å². The summed E-state index contributed by atoms with van der Waals surface area (Å²) in [5, 5.41) is 13.0. The minimum absolute atomic E-state index is 0.000517. The summed E-state index contributed by atoms with van der Waals surface area (Å²) in [6.45, 7) is 14.0. The van der Waals surface area contributed by atoms with Gasteiger partial charge in [0.05, 0.1) is 5.70 Å². The van der Waals surface area contributed by atoms with Crippen LogP contribution in [-0.4, -0.2) is 36.9 Å². The maximum absolute atomic E-state index is 11.9. The van der Waals surface area contributed by atoms with E-state index in [1.165, 1.54) is 6.08 Å². The molecule has 0 aliphatic heterocycles. The zero-order valence-electron chi connectivity index (χ0n) is 15.5. The molecule has 0 fully saturated rings. The number of hydrogen-bond donors (Lipinski definition) is 3. The number of carbonyl (C=O) groups excluding carboxylic acids is 1. The van der Waals surface area contributed by atoms with Crippen LogP contribution < -0.4 is 10.3 Å². The topological polar surface area (TPSA) is 63.3 Å². The first-order valence-electron chi connectivity index (χ1n) is 7.87. The van der Waals surface area contributed by atoms with Gasteiger partial charge in [0.1, 0.15) is 12.3 Å². The predicted octanol–water partition coefficient (Wildman–Crippen LogP) is 2.40. The zero-order chi connectivity index (χ0) is 20.1. The van der Waals surface area contributed by atoms with Gasteiger partial charge < -0.3 is 27.7 Å². The summed E-state index contributed by atoms with van der Waals surface area (Å²) in [6, 6.07) is 0. The molecule has 0 saturated carbocycles. The van der Waals surface area contributed by atoms with E-state index in [0.717, 1.165) is 6.54 Å². The Balaban J connectivity index is 0.00000101. The van der Waals surface area contributed by atoms with Crippen LogP contribution in [0.1, 0.15) is 41.5 Å². The van der Waals surface area contributed by atoms with Crippen LogP contribution in [0.5, 0.6) is 0 Å². The van der Waals surface area contributed by atoms with Gasteiger partial charge in [-0.3, -0.25) is 4.79 Å². The maximum atomic E-state index is 11.9. The van der Waals surface area contributed by atoms with Crippen molar-refractivity contribution >= 4 is 18.7 Å². The monoisotopic (exact) mass is 366 g/mol. The summed E-state index contributed by atoms with van der Waals surface area (Å²) < 4.78 is 39.0. The second-order valence-corrected chi connectivity index (χ2v) is 8.19. The van der Waals surface area contributed by atoms with Gasteiger partial charge in [-0.15, -0.1) is 0 Å². The van der Waals surface area contributed by atoms with Crippen molar-refractivity contribution in [1.29, 1.82) is 0 Å². The number of aliphatic hydroxyl groups is 1. The summed E-state index contributed by atoms with van der Waals surface area (Å²) in [5.74, 6) is -0.186. The Morgan fingerprint density at radius 2 is 1.52 bits per heavy atom. The molecule has 1 aliphatic rings. The van der Waals surface area contributed by atoms with Crippen molar-refractivity contribution in [3.05, 3.63) is 23.6 Å². The average Bonchev–Trinajstić information content (AvgIpc) is 2.32. The molecule has 25 heavy (non-hydrogen) atoms. The quantitative estimate of drug-likeness (QED) is 0.408. The number of halogens is 4. The normalized spacial score (nSPS) is 17.5. The lowest BCUT2D eigenvalue weighted by atomic mass is 9.96. The minimum atomic E-state index is -6.00. The molecule has 0 aromatic rings. The largest absolute Gasteiger partial charge is 0.673 e. The minimum Gasteiger partial charge on any atom is -0.506 e. The molecule has 0 aromatic heterocycles. The fourth-order valence-corrected chi connectivity index (χ4v) is 1.57. The predicted molar refractivity (Wildman–Crippen MR) is 91.7 cm³/mol. The highest BCUT2D eigenvalue weighted by atomic mass is 19.5. The molecule has 4 nitrogen and oxygen atoms in total. The highest BCUT2D eigenvalue weighted by Gasteiger charge is 2.24. The Morgan fingerprint density at radius 3 is 1.92 bits per heavy atom. The van der Waals surface area contributed by atoms with Crippen LogP contribution in [0.25, 0.3) is 0 Å². The van der Waals surface area contributed by atoms with Crippen LogP contribution >= 0.6 is 0 Å². The number of carbonyl (C=O) groups is 1. The van der Waals surface area contributed by atoms with E-state index in [-0.39, 0.29) is 22.4 Å². The van der Waals surface area contributed by atoms with Crippen molar-refractivity contribution in [3.63, 3.8) is 0 Å². The number of allylic oxidation sites excluding steroid dienone is 2. The lowest BCUT2D eigenvalue weighted by Crippen LogP contribution is -2.77. The van der Waals surface area contributed by atoms with Crippen molar-refractivity contribution in [2.75, 3.05) is 13.1 Å². The van der Waals surface area contributed by atoms with Gasteiger partial charge in [0, 0.05) is 24.1 Å². The fraction of sp³-hybridized carbons (Fsp3) is 0.625. The van der Waals surface area contributed by atoms with E-state index in [0.29, 0.717) is 18.0 Å². The summed E-state index contributed by atoms with van der Waals surface area (Å²) in [6.07, 6.45) is 2.95. The average molecular weight is 366 g/mol. The molecule has 0 amide bonds. The van der Waals surface area contributed by atoms with Gasteiger partial charge in [-0.25, -0.2) is 4.99 Å². The molecule has 0 bridgehead atoms. The van der Waals surface area contributed by atoms with Gasteiger partial charge in [0.2, 0.25) is 5.71 Å². The molecule has 144 valence electrons. The molecule has 0 radical (unpaired) electrons. The van der Waals surface area contributed by atoms with Crippen molar-refractivity contribution in [2.24, 2.45) is 10.8 Å². The Kier molecular flexibility index (Phi) is 7.92. The smallest absolute Gasteiger partial charge is 0.506 e. The highest BCUT2D eigenvalue weighted by molar-refractivity contribution is 6.50. The Bertz CT molecular complexity index is 562. The fourth-order valence-electron chi connectivity index (χ4n) is 1.57. The molecule has 0 saturated heterocycles. The molecular formula is C16H27BF4N2O2. The van der Waals surface area contributed by atoms with Gasteiger partial charge in [-0.05, 0) is 5.41 Å². The van der Waals surface area contributed by atoms with Gasteiger partial charge >= 0.3 is 7.25 Å². The van der Waals surface area contributed by atoms with Crippen LogP contribution in [0, 0.1) is 10.8 Å². The van der Waals surface area contributed by atoms with E-state index in [1.807, 2.05) is 0 Å². The number of nitrogens with one attached hydrogen (secondary N) is 2. The standard InChI is InChI=1S/C16H26N2O2.BF4/c1-15(2,3)9-17-11-7-12(14(20)8-13(11)19)18-10-16(4,5)6;2-1(3,4)5/h7-8,17,19H,9-10H2,1-6H3;/q;-1/p+1. The summed E-state index contributed by atoms with van der Waals surface area (Å²) in [4.78, 5) is 15.0. The molecule has 0 unspecified atom stereocenters. The number of ketones is 1. The second-order valence-electron chi connectivity index (χ2n) is 8.19. The summed E-state index contributed by atoms with van der Waals surface area (Å²) >= 11 is 0. The van der Waals surface area contributed by atoms with Crippen molar-refractivity contribution in [1.82, 2.24) is 5.32 Å². The maximum Gasteiger partial charge on any atom is 0.673 e. The number of rotatable bonds is 3. The molecule has 0 heterocycles. The first-order chi connectivity index (χ1) is 11.0. The van der Waals surface area contributed by atoms with E-state index in [2.05, 4.69) is 51.9 Å². The van der Waals surface area contributed by atoms with Crippen LogP contribution in [0.3, 0.4) is 0 Å². The summed E-state index contributed by atoms with van der Waals surface area (Å²) in [5.41, 5.74) is 1.30. The Morgan fingerprint density at radius 1 is 1.04 bits per heavy atom. The zero-order valence-corrected chi connectivity index (χ0v) is 15.5. The molecule has 1 rings (SSSR count). The van der Waals surface area contributed by atoms with Crippen LogP contribution in [0.2, 0.25) is 0 Å². The SMILES string of the molecule is CC(C)(C)CNC1=CC(=[NH+]CC(C)(C)C)C(=O)C=C1O.F[B-](F)(F)F. The Hall–Kier alpha value is -1.80. The molecule has 0 spiro atoms.